The summed E-state index contributed by atoms with van der Waals surface area (Å²) in [5.41, 5.74) is 10.8. The van der Waals surface area contributed by atoms with Gasteiger partial charge in [-0.15, -0.1) is 0 Å². The summed E-state index contributed by atoms with van der Waals surface area (Å²) in [4.78, 5) is 43.2. The monoisotopic (exact) mass is 546 g/mol. The maximum Gasteiger partial charge on any atom is 0.250 e. The number of aliphatic imine (C=N–C) groups is 1. The predicted molar refractivity (Wildman–Crippen MR) is 159 cm³/mol. The third kappa shape index (κ3) is 7.34. The number of hydrazone groups is 1. The van der Waals surface area contributed by atoms with Crippen molar-refractivity contribution in [3.8, 4) is 16.9 Å². The molecule has 10 heteroatoms. The Kier molecular flexibility index (Phi) is 10.6. The van der Waals surface area contributed by atoms with Crippen molar-refractivity contribution in [2.45, 2.75) is 33.1 Å². The number of carbonyl (C=O) groups is 3. The van der Waals surface area contributed by atoms with Crippen LogP contribution in [0.15, 0.2) is 46.0 Å². The van der Waals surface area contributed by atoms with Gasteiger partial charge in [0.2, 0.25) is 11.8 Å². The van der Waals surface area contributed by atoms with Gasteiger partial charge >= 0.3 is 0 Å². The lowest BCUT2D eigenvalue weighted by molar-refractivity contribution is -0.127. The topological polar surface area (TPSA) is 130 Å². The van der Waals surface area contributed by atoms with Crippen molar-refractivity contribution < 1.29 is 19.1 Å². The summed E-state index contributed by atoms with van der Waals surface area (Å²) in [7, 11) is 4.80. The molecule has 0 saturated heterocycles. The Morgan fingerprint density at radius 2 is 1.85 bits per heavy atom. The van der Waals surface area contributed by atoms with Crippen LogP contribution in [0, 0.1) is 0 Å². The van der Waals surface area contributed by atoms with Gasteiger partial charge in [-0.25, -0.2) is 4.99 Å². The average Bonchev–Trinajstić information content (AvgIpc) is 3.12. The molecule has 40 heavy (non-hydrogen) atoms. The first-order chi connectivity index (χ1) is 19.2. The number of amides is 2. The van der Waals surface area contributed by atoms with E-state index in [2.05, 4.69) is 29.3 Å². The molecule has 1 aliphatic heterocycles. The zero-order valence-corrected chi connectivity index (χ0v) is 23.9. The van der Waals surface area contributed by atoms with Crippen molar-refractivity contribution in [3.63, 3.8) is 0 Å². The number of amidine groups is 1. The number of rotatable bonds is 12. The Morgan fingerprint density at radius 3 is 2.48 bits per heavy atom. The van der Waals surface area contributed by atoms with Gasteiger partial charge in [-0.1, -0.05) is 26.0 Å². The second-order valence-electron chi connectivity index (χ2n) is 9.55. The van der Waals surface area contributed by atoms with Gasteiger partial charge in [-0.05, 0) is 48.2 Å². The molecule has 10 nitrogen and oxygen atoms in total. The smallest absolute Gasteiger partial charge is 0.250 e. The van der Waals surface area contributed by atoms with E-state index in [1.807, 2.05) is 35.2 Å². The van der Waals surface area contributed by atoms with Crippen LogP contribution in [0.5, 0.6) is 5.75 Å². The van der Waals surface area contributed by atoms with Crippen LogP contribution < -0.4 is 15.8 Å². The number of methoxy groups -OCH3 is 1. The van der Waals surface area contributed by atoms with Crippen molar-refractivity contribution in [3.05, 3.63) is 52.6 Å². The van der Waals surface area contributed by atoms with Crippen LogP contribution in [0.1, 0.15) is 54.6 Å². The lowest BCUT2D eigenvalue weighted by Crippen LogP contribution is -2.34. The van der Waals surface area contributed by atoms with E-state index < -0.39 is 0 Å². The number of benzene rings is 2. The van der Waals surface area contributed by atoms with Crippen LogP contribution >= 0.6 is 0 Å². The molecule has 0 aliphatic carbocycles. The van der Waals surface area contributed by atoms with E-state index >= 15 is 0 Å². The van der Waals surface area contributed by atoms with Gasteiger partial charge in [0.1, 0.15) is 18.1 Å². The fourth-order valence-electron chi connectivity index (χ4n) is 4.46. The quantitative estimate of drug-likeness (QED) is 0.238. The van der Waals surface area contributed by atoms with Crippen LogP contribution in [0.4, 0.5) is 5.69 Å². The van der Waals surface area contributed by atoms with Gasteiger partial charge < -0.3 is 20.7 Å². The van der Waals surface area contributed by atoms with Gasteiger partial charge in [0.25, 0.3) is 0 Å². The Labute approximate surface area is 235 Å². The maximum absolute atomic E-state index is 13.4. The normalized spacial score (nSPS) is 12.6. The molecule has 0 spiro atoms. The zero-order valence-electron chi connectivity index (χ0n) is 23.9. The highest BCUT2D eigenvalue weighted by atomic mass is 16.5. The van der Waals surface area contributed by atoms with Gasteiger partial charge in [0.05, 0.1) is 19.0 Å². The van der Waals surface area contributed by atoms with Gasteiger partial charge in [0.15, 0.2) is 6.29 Å². The molecule has 0 aromatic heterocycles. The number of hydrogen-bond acceptors (Lipinski definition) is 8. The molecule has 3 N–H and O–H groups in total. The fourth-order valence-corrected chi connectivity index (χ4v) is 4.46. The largest absolute Gasteiger partial charge is 0.496 e. The number of nitrogens with zero attached hydrogens (tertiary/aromatic N) is 4. The number of aldehydes is 1. The van der Waals surface area contributed by atoms with E-state index in [1.165, 1.54) is 5.01 Å². The molecule has 1 aliphatic rings. The van der Waals surface area contributed by atoms with Crippen LogP contribution in [0.3, 0.4) is 0 Å². The number of fused-ring (bicyclic) bond motifs is 1. The summed E-state index contributed by atoms with van der Waals surface area (Å²) in [6.07, 6.45) is 6.12. The lowest BCUT2D eigenvalue weighted by Gasteiger charge is -2.22. The summed E-state index contributed by atoms with van der Waals surface area (Å²) < 4.78 is 5.74. The fraction of sp³-hybridized carbons (Fsp3) is 0.367. The Bertz CT molecular complexity index is 1340. The average molecular weight is 547 g/mol. The standard InChI is InChI=1S/C30H38N6O4/c1-6-10-36(11-7-2)30(39)23-13-25-26(34-28(31)16-23)14-22(15-27(25)40-5)20-8-9-21(19-37)24(12-20)17-33-35(4)18-29(38)32-3/h8-9,12-15,17,19H,6-7,10-11,16,18H2,1-5H3,(H2,31,34)(H,32,38)/b33-17-. The molecule has 2 aromatic rings. The molecule has 0 saturated carbocycles. The van der Waals surface area contributed by atoms with E-state index in [9.17, 15) is 14.4 Å². The number of nitrogens with two attached hydrogens (primary N) is 1. The maximum atomic E-state index is 13.4. The second-order valence-corrected chi connectivity index (χ2v) is 9.55. The van der Waals surface area contributed by atoms with Crippen molar-refractivity contribution in [2.75, 3.05) is 40.8 Å². The minimum atomic E-state index is -0.178. The number of likely N-dealkylation sites (N-methyl/N-ethyl adjacent to an activating group) is 2. The molecule has 2 amide bonds. The van der Waals surface area contributed by atoms with Crippen molar-refractivity contribution in [1.29, 1.82) is 0 Å². The molecule has 2 aromatic carbocycles. The first kappa shape index (κ1) is 30.1. The van der Waals surface area contributed by atoms with Crippen LogP contribution in [0.2, 0.25) is 0 Å². The number of carbonyl (C=O) groups excluding carboxylic acids is 3. The van der Waals surface area contributed by atoms with E-state index in [-0.39, 0.29) is 24.8 Å². The van der Waals surface area contributed by atoms with Crippen LogP contribution in [-0.2, 0) is 9.59 Å². The first-order valence-corrected chi connectivity index (χ1v) is 13.3. The highest BCUT2D eigenvalue weighted by molar-refractivity contribution is 6.06. The van der Waals surface area contributed by atoms with Crippen molar-refractivity contribution in [2.24, 2.45) is 15.8 Å². The van der Waals surface area contributed by atoms with Crippen LogP contribution in [0.25, 0.3) is 17.2 Å². The first-order valence-electron chi connectivity index (χ1n) is 13.3. The lowest BCUT2D eigenvalue weighted by atomic mass is 9.97. The molecule has 3 rings (SSSR count). The van der Waals surface area contributed by atoms with Gasteiger partial charge in [-0.2, -0.15) is 5.10 Å². The SMILES string of the molecule is CCCN(CCC)C(=O)C1=Cc2c(cc(-c3ccc(C=O)c(/C=N\N(C)CC(=O)NC)c3)cc2OC)N=C(N)C1. The molecule has 0 fully saturated rings. The van der Waals surface area contributed by atoms with E-state index in [1.54, 1.807) is 33.5 Å². The Balaban J connectivity index is 2.05. The minimum absolute atomic E-state index is 0.0457. The third-order valence-corrected chi connectivity index (χ3v) is 6.44. The zero-order chi connectivity index (χ0) is 29.2. The summed E-state index contributed by atoms with van der Waals surface area (Å²) in [6, 6.07) is 9.14. The van der Waals surface area contributed by atoms with Crippen molar-refractivity contribution >= 4 is 41.9 Å². The molecule has 0 radical (unpaired) electrons. The highest BCUT2D eigenvalue weighted by Crippen LogP contribution is 2.39. The highest BCUT2D eigenvalue weighted by Gasteiger charge is 2.23. The minimum Gasteiger partial charge on any atom is -0.496 e. The predicted octanol–water partition coefficient (Wildman–Crippen LogP) is 3.61. The summed E-state index contributed by atoms with van der Waals surface area (Å²) in [5.74, 6) is 0.668. The Morgan fingerprint density at radius 1 is 1.12 bits per heavy atom. The number of hydrogen-bond donors (Lipinski definition) is 2. The molecular formula is C30H38N6O4. The van der Waals surface area contributed by atoms with E-state index in [0.29, 0.717) is 52.6 Å². The molecule has 0 unspecified atom stereocenters. The molecule has 212 valence electrons. The van der Waals surface area contributed by atoms with Gasteiger partial charge in [-0.3, -0.25) is 19.4 Å². The van der Waals surface area contributed by atoms with Gasteiger partial charge in [0, 0.05) is 55.9 Å². The summed E-state index contributed by atoms with van der Waals surface area (Å²) in [6.45, 7) is 5.53. The van der Waals surface area contributed by atoms with E-state index in [0.717, 1.165) is 30.3 Å². The molecule has 0 bridgehead atoms. The second kappa shape index (κ2) is 14.1. The van der Waals surface area contributed by atoms with Crippen molar-refractivity contribution in [1.82, 2.24) is 15.2 Å². The molecule has 0 atom stereocenters. The summed E-state index contributed by atoms with van der Waals surface area (Å²) >= 11 is 0. The third-order valence-electron chi connectivity index (χ3n) is 6.44. The number of ether oxygens (including phenoxy) is 1. The Hall–Kier alpha value is -4.47. The molecular weight excluding hydrogens is 508 g/mol. The molecule has 1 heterocycles. The van der Waals surface area contributed by atoms with E-state index in [4.69, 9.17) is 10.5 Å². The van der Waals surface area contributed by atoms with Crippen LogP contribution in [-0.4, -0.2) is 80.9 Å². The summed E-state index contributed by atoms with van der Waals surface area (Å²) in [5, 5.41) is 8.33. The number of nitrogens with one attached hydrogen (secondary N) is 1.